The lowest BCUT2D eigenvalue weighted by Crippen LogP contribution is -2.45. The fourth-order valence-corrected chi connectivity index (χ4v) is 2.08. The molecule has 0 aromatic heterocycles. The molecule has 0 aromatic carbocycles. The van der Waals surface area contributed by atoms with Crippen molar-refractivity contribution in [3.63, 3.8) is 0 Å². The lowest BCUT2D eigenvalue weighted by atomic mass is 10.2. The Bertz CT molecular complexity index is 304. The van der Waals surface area contributed by atoms with E-state index < -0.39 is 22.3 Å². The van der Waals surface area contributed by atoms with Crippen LogP contribution in [0.3, 0.4) is 0 Å². The molecule has 0 saturated carbocycles. The topological polar surface area (TPSA) is 105 Å². The molecule has 1 amide bonds. The summed E-state index contributed by atoms with van der Waals surface area (Å²) < 4.78 is 31.1. The second kappa shape index (κ2) is 7.42. The van der Waals surface area contributed by atoms with Crippen LogP contribution in [0.2, 0.25) is 0 Å². The maximum absolute atomic E-state index is 11.4. The van der Waals surface area contributed by atoms with Crippen LogP contribution in [0, 0.1) is 0 Å². The van der Waals surface area contributed by atoms with E-state index in [1.165, 1.54) is 0 Å². The maximum atomic E-state index is 11.4. The summed E-state index contributed by atoms with van der Waals surface area (Å²) in [5.74, 6) is 0. The van der Waals surface area contributed by atoms with Gasteiger partial charge in [-0.3, -0.25) is 0 Å². The van der Waals surface area contributed by atoms with Gasteiger partial charge in [-0.25, -0.2) is 9.52 Å². The number of aliphatic hydroxyl groups excluding tert-OH is 1. The quantitative estimate of drug-likeness (QED) is 0.580. The first kappa shape index (κ1) is 15.1. The molecule has 0 saturated heterocycles. The zero-order chi connectivity index (χ0) is 12.6. The second-order valence-corrected chi connectivity index (χ2v) is 4.51. The lowest BCUT2D eigenvalue weighted by Gasteiger charge is -2.15. The van der Waals surface area contributed by atoms with Crippen molar-refractivity contribution in [1.82, 2.24) is 9.44 Å². The maximum Gasteiger partial charge on any atom is 0.421 e. The molecule has 96 valence electrons. The third kappa shape index (κ3) is 6.59. The minimum Gasteiger partial charge on any atom is -0.449 e. The first-order valence-corrected chi connectivity index (χ1v) is 6.51. The molecule has 0 aliphatic heterocycles. The average molecular weight is 254 g/mol. The van der Waals surface area contributed by atoms with E-state index in [4.69, 9.17) is 5.11 Å². The molecule has 1 atom stereocenters. The Morgan fingerprint density at radius 2 is 2.06 bits per heavy atom. The Morgan fingerprint density at radius 1 is 1.44 bits per heavy atom. The predicted octanol–water partition coefficient (Wildman–Crippen LogP) is -0.272. The van der Waals surface area contributed by atoms with Crippen LogP contribution < -0.4 is 9.44 Å². The summed E-state index contributed by atoms with van der Waals surface area (Å²) in [5.41, 5.74) is 0. The zero-order valence-electron chi connectivity index (χ0n) is 9.39. The van der Waals surface area contributed by atoms with Gasteiger partial charge >= 0.3 is 16.3 Å². The molecule has 8 heteroatoms. The number of ether oxygens (including phenoxy) is 1. The third-order valence-electron chi connectivity index (χ3n) is 1.79. The number of carbonyl (C=O) groups is 1. The van der Waals surface area contributed by atoms with Crippen molar-refractivity contribution >= 4 is 16.3 Å². The Morgan fingerprint density at radius 3 is 2.50 bits per heavy atom. The van der Waals surface area contributed by atoms with Gasteiger partial charge in [0, 0.05) is 12.6 Å². The molecule has 0 aromatic rings. The monoisotopic (exact) mass is 254 g/mol. The van der Waals surface area contributed by atoms with Crippen molar-refractivity contribution in [3.8, 4) is 0 Å². The van der Waals surface area contributed by atoms with Crippen LogP contribution in [0.25, 0.3) is 0 Å². The van der Waals surface area contributed by atoms with Gasteiger partial charge < -0.3 is 9.84 Å². The lowest BCUT2D eigenvalue weighted by molar-refractivity contribution is 0.158. The zero-order valence-corrected chi connectivity index (χ0v) is 10.2. The van der Waals surface area contributed by atoms with Crippen molar-refractivity contribution in [1.29, 1.82) is 0 Å². The number of amides is 1. The minimum atomic E-state index is -3.92. The molecule has 0 bridgehead atoms. The van der Waals surface area contributed by atoms with E-state index >= 15 is 0 Å². The molecule has 0 rings (SSSR count). The highest BCUT2D eigenvalue weighted by atomic mass is 32.2. The van der Waals surface area contributed by atoms with Crippen molar-refractivity contribution < 1.29 is 23.1 Å². The smallest absolute Gasteiger partial charge is 0.421 e. The van der Waals surface area contributed by atoms with Gasteiger partial charge in [0.05, 0.1) is 6.61 Å². The Hall–Kier alpha value is -0.860. The van der Waals surface area contributed by atoms with E-state index in [0.29, 0.717) is 12.8 Å². The summed E-state index contributed by atoms with van der Waals surface area (Å²) in [6, 6.07) is -0.406. The summed E-state index contributed by atoms with van der Waals surface area (Å²) in [6.07, 6.45) is -0.210. The van der Waals surface area contributed by atoms with Crippen LogP contribution in [0.1, 0.15) is 26.7 Å². The highest BCUT2D eigenvalue weighted by Gasteiger charge is 2.18. The van der Waals surface area contributed by atoms with Gasteiger partial charge in [-0.15, -0.1) is 0 Å². The van der Waals surface area contributed by atoms with E-state index in [0.717, 1.165) is 0 Å². The Kier molecular flexibility index (Phi) is 7.02. The largest absolute Gasteiger partial charge is 0.449 e. The fraction of sp³-hybridized carbons (Fsp3) is 0.875. The fourth-order valence-electron chi connectivity index (χ4n) is 1.02. The molecule has 0 aliphatic rings. The molecule has 0 heterocycles. The summed E-state index contributed by atoms with van der Waals surface area (Å²) in [6.45, 7) is 3.31. The molecule has 16 heavy (non-hydrogen) atoms. The number of nitrogens with one attached hydrogen (secondary N) is 2. The predicted molar refractivity (Wildman–Crippen MR) is 58.0 cm³/mol. The van der Waals surface area contributed by atoms with Crippen molar-refractivity contribution in [2.75, 3.05) is 13.2 Å². The van der Waals surface area contributed by atoms with Crippen LogP contribution >= 0.6 is 0 Å². The molecule has 7 nitrogen and oxygen atoms in total. The van der Waals surface area contributed by atoms with E-state index in [1.807, 2.05) is 0 Å². The molecule has 0 spiro atoms. The molecular weight excluding hydrogens is 236 g/mol. The van der Waals surface area contributed by atoms with Crippen LogP contribution in [-0.4, -0.2) is 38.9 Å². The van der Waals surface area contributed by atoms with Crippen molar-refractivity contribution in [3.05, 3.63) is 0 Å². The van der Waals surface area contributed by atoms with E-state index in [-0.39, 0.29) is 13.2 Å². The van der Waals surface area contributed by atoms with E-state index in [9.17, 15) is 13.2 Å². The number of rotatable bonds is 7. The molecular formula is C8H18N2O5S. The van der Waals surface area contributed by atoms with Gasteiger partial charge in [0.15, 0.2) is 0 Å². The van der Waals surface area contributed by atoms with Crippen LogP contribution in [0.5, 0.6) is 0 Å². The summed E-state index contributed by atoms with van der Waals surface area (Å²) in [5, 5.41) is 8.68. The normalized spacial score (nSPS) is 13.2. The first-order valence-electron chi connectivity index (χ1n) is 5.02. The Balaban J connectivity index is 4.27. The van der Waals surface area contributed by atoms with Crippen LogP contribution in [0.4, 0.5) is 4.79 Å². The standard InChI is InChI=1S/C8H18N2O5S/c1-3-7(5-6-11)9-16(13,14)10-8(12)15-4-2/h7,9,11H,3-6H2,1-2H3,(H,10,12). The first-order chi connectivity index (χ1) is 7.45. The summed E-state index contributed by atoms with van der Waals surface area (Å²) >= 11 is 0. The van der Waals surface area contributed by atoms with E-state index in [2.05, 4.69) is 9.46 Å². The summed E-state index contributed by atoms with van der Waals surface area (Å²) in [7, 11) is -3.92. The van der Waals surface area contributed by atoms with Gasteiger partial charge in [0.1, 0.15) is 0 Å². The highest BCUT2D eigenvalue weighted by Crippen LogP contribution is 1.98. The number of carbonyl (C=O) groups excluding carboxylic acids is 1. The number of aliphatic hydroxyl groups is 1. The molecule has 3 N–H and O–H groups in total. The van der Waals surface area contributed by atoms with Crippen LogP contribution in [-0.2, 0) is 14.9 Å². The SMILES string of the molecule is CCOC(=O)NS(=O)(=O)NC(CC)CCO. The minimum absolute atomic E-state index is 0.0925. The molecule has 0 fully saturated rings. The van der Waals surface area contributed by atoms with Gasteiger partial charge in [0.25, 0.3) is 0 Å². The number of hydrogen-bond acceptors (Lipinski definition) is 5. The van der Waals surface area contributed by atoms with Gasteiger partial charge in [-0.05, 0) is 19.8 Å². The van der Waals surface area contributed by atoms with Crippen LogP contribution in [0.15, 0.2) is 0 Å². The van der Waals surface area contributed by atoms with Crippen molar-refractivity contribution in [2.45, 2.75) is 32.7 Å². The van der Waals surface area contributed by atoms with Gasteiger partial charge in [0.2, 0.25) is 0 Å². The Labute approximate surface area is 95.4 Å². The number of hydrogen-bond donors (Lipinski definition) is 3. The van der Waals surface area contributed by atoms with Gasteiger partial charge in [-0.1, -0.05) is 6.92 Å². The van der Waals surface area contributed by atoms with Crippen molar-refractivity contribution in [2.24, 2.45) is 0 Å². The summed E-state index contributed by atoms with van der Waals surface area (Å²) in [4.78, 5) is 10.9. The van der Waals surface area contributed by atoms with E-state index in [1.54, 1.807) is 18.6 Å². The molecule has 1 unspecified atom stereocenters. The molecule has 0 aliphatic carbocycles. The second-order valence-electron chi connectivity index (χ2n) is 3.06. The third-order valence-corrected chi connectivity index (χ3v) is 2.86. The highest BCUT2D eigenvalue weighted by molar-refractivity contribution is 7.88. The average Bonchev–Trinajstić information content (AvgIpc) is 2.16. The van der Waals surface area contributed by atoms with Gasteiger partial charge in [-0.2, -0.15) is 13.1 Å². The molecule has 0 radical (unpaired) electrons.